The summed E-state index contributed by atoms with van der Waals surface area (Å²) in [6.45, 7) is 2.06. The van der Waals surface area contributed by atoms with Crippen molar-refractivity contribution in [3.63, 3.8) is 0 Å². The first kappa shape index (κ1) is 13.3. The number of halogens is 1. The summed E-state index contributed by atoms with van der Waals surface area (Å²) in [5.74, 6) is 0.224. The Hall–Kier alpha value is -1.42. The van der Waals surface area contributed by atoms with Crippen molar-refractivity contribution in [1.29, 1.82) is 0 Å². The zero-order chi connectivity index (χ0) is 14.4. The molecule has 0 radical (unpaired) electrons. The van der Waals surface area contributed by atoms with Crippen LogP contribution in [0.25, 0.3) is 0 Å². The van der Waals surface area contributed by atoms with Crippen LogP contribution < -0.4 is 10.6 Å². The molecule has 0 bridgehead atoms. The molecule has 1 saturated heterocycles. The summed E-state index contributed by atoms with van der Waals surface area (Å²) >= 11 is 0. The average molecular weight is 288 g/mol. The molecule has 2 N–H and O–H groups in total. The molecule has 1 amide bonds. The Morgan fingerprint density at radius 3 is 2.95 bits per heavy atom. The molecule has 1 aromatic carbocycles. The van der Waals surface area contributed by atoms with E-state index in [1.165, 1.54) is 6.07 Å². The number of benzene rings is 1. The third-order valence-corrected chi connectivity index (χ3v) is 5.64. The monoisotopic (exact) mass is 288 g/mol. The smallest absolute Gasteiger partial charge is 0.224 e. The molecule has 1 aromatic rings. The molecule has 3 nitrogen and oxygen atoms in total. The van der Waals surface area contributed by atoms with Crippen molar-refractivity contribution in [2.45, 2.75) is 38.1 Å². The number of hydrogen-bond donors (Lipinski definition) is 2. The molecule has 2 aliphatic carbocycles. The predicted molar refractivity (Wildman–Crippen MR) is 78.2 cm³/mol. The van der Waals surface area contributed by atoms with Crippen LogP contribution in [0.4, 0.5) is 4.39 Å². The second-order valence-corrected chi connectivity index (χ2v) is 6.78. The van der Waals surface area contributed by atoms with Crippen molar-refractivity contribution >= 4 is 5.91 Å². The van der Waals surface area contributed by atoms with Crippen LogP contribution in [0.5, 0.6) is 0 Å². The van der Waals surface area contributed by atoms with Gasteiger partial charge in [-0.3, -0.25) is 4.79 Å². The fourth-order valence-electron chi connectivity index (χ4n) is 4.23. The van der Waals surface area contributed by atoms with Crippen LogP contribution in [-0.4, -0.2) is 19.0 Å². The van der Waals surface area contributed by atoms with Crippen molar-refractivity contribution in [2.24, 2.45) is 11.3 Å². The van der Waals surface area contributed by atoms with Crippen molar-refractivity contribution in [3.05, 3.63) is 35.1 Å². The van der Waals surface area contributed by atoms with Crippen molar-refractivity contribution in [2.75, 3.05) is 13.1 Å². The Morgan fingerprint density at radius 2 is 2.14 bits per heavy atom. The van der Waals surface area contributed by atoms with Crippen molar-refractivity contribution in [1.82, 2.24) is 10.6 Å². The second kappa shape index (κ2) is 4.80. The van der Waals surface area contributed by atoms with E-state index in [0.717, 1.165) is 56.3 Å². The lowest BCUT2D eigenvalue weighted by Gasteiger charge is -2.23. The van der Waals surface area contributed by atoms with Crippen molar-refractivity contribution < 1.29 is 9.18 Å². The summed E-state index contributed by atoms with van der Waals surface area (Å²) in [6.07, 6.45) is 4.81. The predicted octanol–water partition coefficient (Wildman–Crippen LogP) is 2.32. The molecular weight excluding hydrogens is 267 g/mol. The summed E-state index contributed by atoms with van der Waals surface area (Å²) in [7, 11) is 0. The topological polar surface area (TPSA) is 41.1 Å². The van der Waals surface area contributed by atoms with Gasteiger partial charge < -0.3 is 10.6 Å². The van der Waals surface area contributed by atoms with E-state index < -0.39 is 0 Å². The normalized spacial score (nSPS) is 29.2. The Morgan fingerprint density at radius 1 is 1.33 bits per heavy atom. The number of hydrogen-bond acceptors (Lipinski definition) is 2. The van der Waals surface area contributed by atoms with Gasteiger partial charge in [0.25, 0.3) is 0 Å². The van der Waals surface area contributed by atoms with E-state index in [1.807, 2.05) is 6.07 Å². The molecule has 112 valence electrons. The number of nitrogens with one attached hydrogen (secondary N) is 2. The Labute approximate surface area is 124 Å². The van der Waals surface area contributed by atoms with Crippen LogP contribution in [0, 0.1) is 17.2 Å². The van der Waals surface area contributed by atoms with Gasteiger partial charge in [0.15, 0.2) is 0 Å². The molecule has 2 fully saturated rings. The van der Waals surface area contributed by atoms with Gasteiger partial charge in [0.1, 0.15) is 5.82 Å². The van der Waals surface area contributed by atoms with Crippen LogP contribution in [0.15, 0.2) is 18.2 Å². The number of amides is 1. The fraction of sp³-hybridized carbons (Fsp3) is 0.588. The van der Waals surface area contributed by atoms with Crippen LogP contribution >= 0.6 is 0 Å². The maximum Gasteiger partial charge on any atom is 0.224 e. The lowest BCUT2D eigenvalue weighted by atomic mass is 9.91. The molecule has 1 spiro atoms. The van der Waals surface area contributed by atoms with Gasteiger partial charge in [0.2, 0.25) is 5.91 Å². The molecule has 3 aliphatic rings. The molecule has 1 aliphatic heterocycles. The minimum absolute atomic E-state index is 0.00238. The first-order valence-electron chi connectivity index (χ1n) is 7.98. The fourth-order valence-corrected chi connectivity index (χ4v) is 4.23. The lowest BCUT2D eigenvalue weighted by molar-refractivity contribution is -0.124. The lowest BCUT2D eigenvalue weighted by Crippen LogP contribution is -2.34. The summed E-state index contributed by atoms with van der Waals surface area (Å²) < 4.78 is 13.7. The van der Waals surface area contributed by atoms with Gasteiger partial charge in [-0.1, -0.05) is 12.1 Å². The van der Waals surface area contributed by atoms with Gasteiger partial charge in [-0.2, -0.15) is 0 Å². The standard InChI is InChI=1S/C17H21FN2O/c18-14-3-1-2-12-11(14)4-5-15(12)20-16(21)13-10-17(13)6-8-19-9-7-17/h1-3,13,15,19H,4-10H2,(H,20,21). The maximum absolute atomic E-state index is 13.7. The zero-order valence-electron chi connectivity index (χ0n) is 12.1. The molecule has 1 heterocycles. The molecule has 4 heteroatoms. The summed E-state index contributed by atoms with van der Waals surface area (Å²) in [5.41, 5.74) is 2.03. The van der Waals surface area contributed by atoms with E-state index in [9.17, 15) is 9.18 Å². The largest absolute Gasteiger partial charge is 0.349 e. The highest BCUT2D eigenvalue weighted by Crippen LogP contribution is 2.58. The quantitative estimate of drug-likeness (QED) is 0.877. The highest BCUT2D eigenvalue weighted by Gasteiger charge is 2.57. The van der Waals surface area contributed by atoms with E-state index in [0.29, 0.717) is 0 Å². The highest BCUT2D eigenvalue weighted by molar-refractivity contribution is 5.83. The van der Waals surface area contributed by atoms with E-state index in [4.69, 9.17) is 0 Å². The van der Waals surface area contributed by atoms with Crippen LogP contribution in [-0.2, 0) is 11.2 Å². The molecule has 1 saturated carbocycles. The van der Waals surface area contributed by atoms with Crippen LogP contribution in [0.3, 0.4) is 0 Å². The number of rotatable bonds is 2. The Balaban J connectivity index is 1.44. The number of fused-ring (bicyclic) bond motifs is 1. The third kappa shape index (κ3) is 2.16. The zero-order valence-corrected chi connectivity index (χ0v) is 12.1. The first-order valence-corrected chi connectivity index (χ1v) is 7.98. The summed E-state index contributed by atoms with van der Waals surface area (Å²) in [4.78, 5) is 12.5. The molecule has 2 unspecified atom stereocenters. The maximum atomic E-state index is 13.7. The molecular formula is C17H21FN2O. The van der Waals surface area contributed by atoms with Gasteiger partial charge >= 0.3 is 0 Å². The van der Waals surface area contributed by atoms with Gasteiger partial charge in [-0.25, -0.2) is 4.39 Å². The average Bonchev–Trinajstić information content (AvgIpc) is 3.01. The van der Waals surface area contributed by atoms with E-state index in [1.54, 1.807) is 6.07 Å². The van der Waals surface area contributed by atoms with Gasteiger partial charge in [-0.15, -0.1) is 0 Å². The van der Waals surface area contributed by atoms with E-state index in [-0.39, 0.29) is 29.1 Å². The number of piperidine rings is 1. The molecule has 2 atom stereocenters. The van der Waals surface area contributed by atoms with Gasteiger partial charge in [-0.05, 0) is 67.8 Å². The van der Waals surface area contributed by atoms with Crippen molar-refractivity contribution in [3.8, 4) is 0 Å². The summed E-state index contributed by atoms with van der Waals surface area (Å²) in [6, 6.07) is 5.20. The SMILES string of the molecule is O=C(NC1CCc2c(F)cccc21)C1CC12CCNCC2. The minimum Gasteiger partial charge on any atom is -0.349 e. The third-order valence-electron chi connectivity index (χ3n) is 5.64. The minimum atomic E-state index is -0.134. The number of carbonyl (C=O) groups excluding carboxylic acids is 1. The van der Waals surface area contributed by atoms with Crippen LogP contribution in [0.2, 0.25) is 0 Å². The second-order valence-electron chi connectivity index (χ2n) is 6.78. The van der Waals surface area contributed by atoms with Crippen LogP contribution in [0.1, 0.15) is 42.9 Å². The Bertz CT molecular complexity index is 580. The van der Waals surface area contributed by atoms with Gasteiger partial charge in [0, 0.05) is 5.92 Å². The molecule has 0 aromatic heterocycles. The number of carbonyl (C=O) groups is 1. The Kier molecular flexibility index (Phi) is 3.03. The molecule has 21 heavy (non-hydrogen) atoms. The van der Waals surface area contributed by atoms with E-state index >= 15 is 0 Å². The highest BCUT2D eigenvalue weighted by atomic mass is 19.1. The first-order chi connectivity index (χ1) is 10.2. The van der Waals surface area contributed by atoms with E-state index in [2.05, 4.69) is 10.6 Å². The summed E-state index contributed by atoms with van der Waals surface area (Å²) in [5, 5.41) is 6.53. The molecule has 4 rings (SSSR count). The van der Waals surface area contributed by atoms with Gasteiger partial charge in [0.05, 0.1) is 6.04 Å².